The molecular formula is C97H135N15O20. The van der Waals surface area contributed by atoms with Gasteiger partial charge in [-0.25, -0.2) is 39.2 Å². The van der Waals surface area contributed by atoms with Gasteiger partial charge in [0.15, 0.2) is 11.4 Å². The minimum absolute atomic E-state index is 0.000334. The minimum Gasteiger partial charge on any atom is -0.458 e. The van der Waals surface area contributed by atoms with E-state index in [1.54, 1.807) is 65.3 Å². The molecule has 4 fully saturated rings. The number of aromatic amines is 1. The third-order valence-electron chi connectivity index (χ3n) is 27.0. The van der Waals surface area contributed by atoms with Gasteiger partial charge >= 0.3 is 12.1 Å². The zero-order chi connectivity index (χ0) is 93.5. The van der Waals surface area contributed by atoms with Gasteiger partial charge < -0.3 is 104 Å². The molecule has 1 aliphatic carbocycles. The van der Waals surface area contributed by atoms with E-state index in [1.165, 1.54) is 11.9 Å². The molecule has 718 valence electrons. The van der Waals surface area contributed by atoms with E-state index in [0.717, 1.165) is 88.6 Å². The second-order valence-electron chi connectivity index (χ2n) is 36.6. The molecule has 0 spiro atoms. The number of aliphatic hydroxyl groups excluding tert-OH is 2. The van der Waals surface area contributed by atoms with Gasteiger partial charge in [0.25, 0.3) is 11.7 Å². The quantitative estimate of drug-likeness (QED) is 0.00852. The lowest BCUT2D eigenvalue weighted by Crippen LogP contribution is -2.61. The number of cyclic esters (lactones) is 1. The second-order valence-corrected chi connectivity index (χ2v) is 36.6. The molecule has 6 aliphatic heterocycles. The maximum absolute atomic E-state index is 14.9. The van der Waals surface area contributed by atoms with Crippen molar-refractivity contribution >= 4 is 75.6 Å². The van der Waals surface area contributed by atoms with Crippen molar-refractivity contribution in [2.75, 3.05) is 143 Å². The van der Waals surface area contributed by atoms with Crippen molar-refractivity contribution in [1.82, 2.24) is 59.3 Å². The summed E-state index contributed by atoms with van der Waals surface area (Å²) in [4.78, 5) is 134. The van der Waals surface area contributed by atoms with Gasteiger partial charge in [-0.15, -0.1) is 0 Å². The molecule has 1 aromatic carbocycles. The number of hydrogen-bond acceptors (Lipinski definition) is 30. The fourth-order valence-corrected chi connectivity index (χ4v) is 19.3. The summed E-state index contributed by atoms with van der Waals surface area (Å²) >= 11 is 0. The number of anilines is 2. The van der Waals surface area contributed by atoms with Crippen LogP contribution in [0.25, 0.3) is 33.3 Å². The Hall–Kier alpha value is -9.73. The highest BCUT2D eigenvalue weighted by Crippen LogP contribution is 2.40. The zero-order valence-corrected chi connectivity index (χ0v) is 77.7. The van der Waals surface area contributed by atoms with Crippen molar-refractivity contribution in [3.05, 3.63) is 131 Å². The van der Waals surface area contributed by atoms with Gasteiger partial charge in [-0.2, -0.15) is 5.10 Å². The predicted molar refractivity (Wildman–Crippen MR) is 491 cm³/mol. The van der Waals surface area contributed by atoms with E-state index in [1.807, 2.05) is 72.1 Å². The van der Waals surface area contributed by atoms with Crippen molar-refractivity contribution in [2.24, 2.45) is 41.2 Å². The van der Waals surface area contributed by atoms with Crippen LogP contribution >= 0.6 is 0 Å². The van der Waals surface area contributed by atoms with E-state index in [-0.39, 0.29) is 62.9 Å². The van der Waals surface area contributed by atoms with E-state index >= 15 is 0 Å². The summed E-state index contributed by atoms with van der Waals surface area (Å²) in [5, 5.41) is 41.6. The maximum atomic E-state index is 14.9. The number of nitrogen functional groups attached to an aromatic ring is 1. The summed E-state index contributed by atoms with van der Waals surface area (Å²) < 4.78 is 61.4. The molecule has 6 aromatic rings. The maximum Gasteiger partial charge on any atom is 0.410 e. The highest BCUT2D eigenvalue weighted by atomic mass is 16.6. The molecule has 13 rings (SSSR count). The molecule has 7 aliphatic rings. The lowest BCUT2D eigenvalue weighted by molar-refractivity contribution is -0.265. The molecule has 35 nitrogen and oxygen atoms in total. The Labute approximate surface area is 772 Å². The largest absolute Gasteiger partial charge is 0.458 e. The Bertz CT molecular complexity index is 5010. The summed E-state index contributed by atoms with van der Waals surface area (Å²) in [5.74, 6) is -8.35. The topological polar surface area (TPSA) is 439 Å². The Balaban J connectivity index is 0.498. The van der Waals surface area contributed by atoms with E-state index in [2.05, 4.69) is 47.9 Å². The molecular weight excluding hydrogens is 1700 g/mol. The molecule has 2 bridgehead atoms. The third-order valence-corrected chi connectivity index (χ3v) is 27.0. The van der Waals surface area contributed by atoms with Gasteiger partial charge in [-0.05, 0) is 149 Å². The molecule has 35 heteroatoms. The highest BCUT2D eigenvalue weighted by molar-refractivity contribution is 6.39. The van der Waals surface area contributed by atoms with Crippen LogP contribution in [-0.2, 0) is 109 Å². The summed E-state index contributed by atoms with van der Waals surface area (Å²) in [5.41, 5.74) is 22.8. The van der Waals surface area contributed by atoms with Crippen LogP contribution in [0.2, 0.25) is 0 Å². The summed E-state index contributed by atoms with van der Waals surface area (Å²) in [6.07, 6.45) is 17.0. The van der Waals surface area contributed by atoms with Crippen LogP contribution in [0.3, 0.4) is 0 Å². The van der Waals surface area contributed by atoms with Gasteiger partial charge in [0.05, 0.1) is 121 Å². The predicted octanol–water partition coefficient (Wildman–Crippen LogP) is 7.95. The van der Waals surface area contributed by atoms with E-state index < -0.39 is 114 Å². The molecule has 3 amide bonds. The Morgan fingerprint density at radius 1 is 0.712 bits per heavy atom. The summed E-state index contributed by atoms with van der Waals surface area (Å²) in [6, 6.07) is 8.09. The van der Waals surface area contributed by atoms with Crippen molar-refractivity contribution in [3.8, 4) is 11.3 Å². The molecule has 5 aromatic heterocycles. The number of aldehydes is 1. The third kappa shape index (κ3) is 25.8. The first-order valence-electron chi connectivity index (χ1n) is 47.1. The summed E-state index contributed by atoms with van der Waals surface area (Å²) in [6.45, 7) is 21.0. The second kappa shape index (κ2) is 47.9. The number of esters is 1. The highest BCUT2D eigenvalue weighted by Gasteiger charge is 2.54. The minimum atomic E-state index is -2.51. The van der Waals surface area contributed by atoms with Crippen LogP contribution in [0.4, 0.5) is 16.6 Å². The standard InChI is InChI=1S/C97H135N15O20/c1-61-14-10-9-11-15-63(3)80(123-7)53-75-21-17-66(6)97(122,132-75)89(118)93(119)111-28-13-12-16-78(111)94(120)131-88(73(59-113)48-62(2)47-65(5)86(116)87(117)85(115)64(4)46-61)76(98)50-67-19-22-79(81(51-67)124-8)130-96(121)110-30-25-77-74(58-110)55-102-95(105-77)108-33-31-107(32-34-108)35-37-126-39-41-128-43-45-129-44-42-127-40-38-125-36-26-82(114)109-29-24-69-49-68(18-20-71(69)57-109)56-112-92-83(90(99)103-60-104-92)84(106-112)72-52-70-23-27-100-91(70)101-54-72/h9-11,14-15,18,20,23,27,47,49,52,54-55,59-62,64,66-67,73,75-76,78-81,86-88,116-117,122H,12-13,16-17,19,21-22,24-26,28-46,48,50-51,53,56-58,98H2,1-8H3,(H,100,101)(H2,99,103,104)/b11-9?,14-10+,63-15?,65-47+/t61-,62-,64-,66-,67+,73?,75+,76-,78+,79-,80+,81-,86-,87+,88+,97-/m1/s1. The molecule has 11 heterocycles. The van der Waals surface area contributed by atoms with E-state index in [4.69, 9.17) is 73.9 Å². The van der Waals surface area contributed by atoms with Crippen LogP contribution in [0, 0.1) is 35.5 Å². The number of H-pyrrole nitrogens is 1. The first kappa shape index (κ1) is 99.7. The Morgan fingerprint density at radius 3 is 2.19 bits per heavy atom. The molecule has 16 atom stereocenters. The van der Waals surface area contributed by atoms with Gasteiger partial charge in [0.1, 0.15) is 60.2 Å². The molecule has 1 unspecified atom stereocenters. The number of piperazine rings is 1. The first-order chi connectivity index (χ1) is 63.8. The number of aliphatic hydroxyl groups is 3. The lowest BCUT2D eigenvalue weighted by atomic mass is 9.78. The fourth-order valence-electron chi connectivity index (χ4n) is 19.3. The number of nitrogens with two attached hydrogens (primary N) is 2. The number of hydrogen-bond donors (Lipinski definition) is 6. The van der Waals surface area contributed by atoms with Crippen molar-refractivity contribution in [3.63, 3.8) is 0 Å². The molecule has 132 heavy (non-hydrogen) atoms. The average molecular weight is 1830 g/mol. The Morgan fingerprint density at radius 2 is 1.45 bits per heavy atom. The van der Waals surface area contributed by atoms with Crippen molar-refractivity contribution < 1.29 is 96.2 Å². The van der Waals surface area contributed by atoms with Crippen LogP contribution < -0.4 is 16.4 Å². The number of methoxy groups -OCH3 is 2. The number of ether oxygens (including phenoxy) is 10. The van der Waals surface area contributed by atoms with Crippen LogP contribution in [0.1, 0.15) is 153 Å². The monoisotopic (exact) mass is 1830 g/mol. The molecule has 3 saturated heterocycles. The zero-order valence-electron chi connectivity index (χ0n) is 77.7. The van der Waals surface area contributed by atoms with Gasteiger partial charge in [-0.1, -0.05) is 82.4 Å². The number of piperidine rings is 1. The van der Waals surface area contributed by atoms with E-state index in [0.29, 0.717) is 190 Å². The SMILES string of the molecule is CO[C@H]1C[C@@H]2CC[C@@H](C)[C@@](O)(O2)C(=O)C(=O)N2CCCC[C@H]2C(=O)O[C@H]([C@H](N)C[C@@H]2CC[C@@H](OC(=O)N3CCc4nc(N5CCN(CCOCCOCCOCCOCCOCCC(=O)N6CCc7cc(Cn8nc(-c9cnc%10[nH]ccc%10c9)c9c(N)ncnc98)ccc7C6)CC5)ncc4C3)[C@H](OC)C2)C(C=O)C[C@H](C)/C=C(\C)[C@@H](O)[C@@H](O)C(=O)[C@H](C)C[C@H](C)/C=C/C=CC=C1C. The molecule has 1 saturated carbocycles. The van der Waals surface area contributed by atoms with E-state index in [9.17, 15) is 48.9 Å². The normalized spacial score (nSPS) is 27.7. The van der Waals surface area contributed by atoms with Crippen molar-refractivity contribution in [2.45, 2.75) is 218 Å². The average Bonchev–Trinajstić information content (AvgIpc) is 1.61. The molecule has 8 N–H and O–H groups in total. The number of ketones is 2. The number of aromatic nitrogens is 8. The number of carbonyl (C=O) groups excluding carboxylic acids is 7. The van der Waals surface area contributed by atoms with Gasteiger partial charge in [0, 0.05) is 139 Å². The van der Waals surface area contributed by atoms with Crippen molar-refractivity contribution in [1.29, 1.82) is 0 Å². The number of amides is 3. The number of fused-ring (bicyclic) bond motifs is 7. The lowest BCUT2D eigenvalue weighted by Gasteiger charge is -2.43. The number of benzene rings is 1. The number of pyridine rings is 1. The van der Waals surface area contributed by atoms with Crippen LogP contribution in [0.15, 0.2) is 103 Å². The van der Waals surface area contributed by atoms with Gasteiger partial charge in [-0.3, -0.25) is 24.1 Å². The number of nitrogens with one attached hydrogen (secondary N) is 1. The smallest absolute Gasteiger partial charge is 0.410 e. The number of Topliss-reactive ketones (excluding diaryl/α,β-unsaturated/α-hetero) is 2. The van der Waals surface area contributed by atoms with Gasteiger partial charge in [0.2, 0.25) is 17.6 Å². The number of rotatable bonds is 29. The van der Waals surface area contributed by atoms with Crippen LogP contribution in [-0.4, -0.2) is 310 Å². The summed E-state index contributed by atoms with van der Waals surface area (Å²) in [7, 11) is 3.11. The number of carbonyl (C=O) groups is 7. The first-order valence-corrected chi connectivity index (χ1v) is 47.1. The Kier molecular flexibility index (Phi) is 36.2. The molecule has 0 radical (unpaired) electrons. The number of nitrogens with zero attached hydrogens (tertiary/aromatic N) is 12. The fraction of sp³-hybridized carbons (Fsp3) is 0.619. The number of allylic oxidation sites excluding steroid dienone is 6. The van der Waals surface area contributed by atoms with Crippen LogP contribution in [0.5, 0.6) is 0 Å².